The van der Waals surface area contributed by atoms with Crippen molar-refractivity contribution in [1.29, 1.82) is 0 Å². The van der Waals surface area contributed by atoms with Gasteiger partial charge in [-0.15, -0.1) is 0 Å². The summed E-state index contributed by atoms with van der Waals surface area (Å²) in [6.45, 7) is 5.75. The van der Waals surface area contributed by atoms with Crippen molar-refractivity contribution in [3.8, 4) is 0 Å². The minimum absolute atomic E-state index is 0.281. The molecule has 0 rings (SSSR count). The van der Waals surface area contributed by atoms with Gasteiger partial charge in [0.05, 0.1) is 12.2 Å². The summed E-state index contributed by atoms with van der Waals surface area (Å²) >= 11 is 5.77. The molecule has 2 N–H and O–H groups in total. The van der Waals surface area contributed by atoms with Crippen molar-refractivity contribution in [1.82, 2.24) is 0 Å². The molecule has 0 heterocycles. The fraction of sp³-hybridized carbons (Fsp3) is 0.385. The first-order valence-corrected chi connectivity index (χ1v) is 6.13. The van der Waals surface area contributed by atoms with Gasteiger partial charge in [-0.05, 0) is 20.3 Å². The number of esters is 1. The van der Waals surface area contributed by atoms with Crippen LogP contribution in [0.5, 0.6) is 0 Å². The zero-order chi connectivity index (χ0) is 14.0. The van der Waals surface area contributed by atoms with Gasteiger partial charge in [-0.25, -0.2) is 9.79 Å². The van der Waals surface area contributed by atoms with Gasteiger partial charge in [-0.3, -0.25) is 0 Å². The van der Waals surface area contributed by atoms with Crippen LogP contribution in [0.25, 0.3) is 0 Å². The predicted octanol–water partition coefficient (Wildman–Crippen LogP) is 2.90. The maximum absolute atomic E-state index is 11.7. The highest BCUT2D eigenvalue weighted by Crippen LogP contribution is 2.12. The number of aliphatic imine (C=N–C) groups is 1. The van der Waals surface area contributed by atoms with Crippen LogP contribution < -0.4 is 5.73 Å². The smallest absolute Gasteiger partial charge is 0.340 e. The van der Waals surface area contributed by atoms with Crippen LogP contribution in [0, 0.1) is 0 Å². The molecule has 0 radical (unpaired) electrons. The Morgan fingerprint density at radius 3 is 2.56 bits per heavy atom. The highest BCUT2D eigenvalue weighted by Gasteiger charge is 2.13. The van der Waals surface area contributed by atoms with Crippen molar-refractivity contribution in [2.45, 2.75) is 27.2 Å². The molecule has 0 bridgehead atoms. The molecule has 0 aromatic carbocycles. The number of halogens is 1. The topological polar surface area (TPSA) is 64.7 Å². The van der Waals surface area contributed by atoms with Gasteiger partial charge in [0.2, 0.25) is 0 Å². The molecule has 0 aromatic rings. The quantitative estimate of drug-likeness (QED) is 0.265. The Morgan fingerprint density at radius 2 is 2.11 bits per heavy atom. The molecule has 0 saturated carbocycles. The zero-order valence-corrected chi connectivity index (χ0v) is 11.7. The summed E-state index contributed by atoms with van der Waals surface area (Å²) in [4.78, 5) is 15.7. The second-order valence-electron chi connectivity index (χ2n) is 3.24. The molecule has 0 spiro atoms. The molecule has 5 heteroatoms. The van der Waals surface area contributed by atoms with E-state index >= 15 is 0 Å². The molecular weight excluding hydrogens is 252 g/mol. The summed E-state index contributed by atoms with van der Waals surface area (Å²) < 4.78 is 4.92. The Labute approximate surface area is 113 Å². The number of carbonyl (C=O) groups is 1. The molecule has 4 nitrogen and oxygen atoms in total. The Morgan fingerprint density at radius 1 is 1.44 bits per heavy atom. The summed E-state index contributed by atoms with van der Waals surface area (Å²) in [5, 5.41) is 0.345. The van der Waals surface area contributed by atoms with E-state index in [0.717, 1.165) is 6.42 Å². The van der Waals surface area contributed by atoms with Gasteiger partial charge in [0.15, 0.2) is 0 Å². The normalized spacial score (nSPS) is 14.1. The highest BCUT2D eigenvalue weighted by atomic mass is 35.5. The Kier molecular flexibility index (Phi) is 8.66. The van der Waals surface area contributed by atoms with Crippen molar-refractivity contribution in [2.24, 2.45) is 10.7 Å². The molecule has 100 valence electrons. The lowest BCUT2D eigenvalue weighted by Crippen LogP contribution is -2.12. The van der Waals surface area contributed by atoms with Crippen LogP contribution in [0.3, 0.4) is 0 Å². The molecule has 0 aliphatic carbocycles. The van der Waals surface area contributed by atoms with Crippen molar-refractivity contribution >= 4 is 23.8 Å². The fourth-order valence-electron chi connectivity index (χ4n) is 1.15. The first kappa shape index (κ1) is 16.4. The molecule has 0 fully saturated rings. The first-order chi connectivity index (χ1) is 8.60. The third-order valence-corrected chi connectivity index (χ3v) is 2.28. The van der Waals surface area contributed by atoms with E-state index in [1.54, 1.807) is 19.9 Å². The Balaban J connectivity index is 5.17. The molecule has 0 atom stereocenters. The van der Waals surface area contributed by atoms with E-state index in [0.29, 0.717) is 17.3 Å². The van der Waals surface area contributed by atoms with E-state index in [1.165, 1.54) is 12.4 Å². The summed E-state index contributed by atoms with van der Waals surface area (Å²) in [6.07, 6.45) is 6.94. The number of carbonyl (C=O) groups excluding carboxylic acids is 1. The fourth-order valence-corrected chi connectivity index (χ4v) is 1.20. The number of nitrogens with two attached hydrogens (primary N) is 1. The van der Waals surface area contributed by atoms with E-state index < -0.39 is 5.97 Å². The first-order valence-electron chi connectivity index (χ1n) is 5.76. The zero-order valence-electron chi connectivity index (χ0n) is 10.9. The van der Waals surface area contributed by atoms with Gasteiger partial charge in [0.1, 0.15) is 5.16 Å². The minimum Gasteiger partial charge on any atom is -0.462 e. The molecule has 0 amide bonds. The summed E-state index contributed by atoms with van der Waals surface area (Å²) in [5.41, 5.74) is 6.34. The molecular formula is C13H19ClN2O2. The standard InChI is InChI=1S/C13H19ClN2O2/c1-4-7-10(9-16-12(14)5-2)11(8-15)13(17)18-6-3/h5,7-9H,4,6,15H2,1-3H3/b10-7-,11-8+,12-5-,16-9+. The molecule has 18 heavy (non-hydrogen) atoms. The second-order valence-corrected chi connectivity index (χ2v) is 3.63. The highest BCUT2D eigenvalue weighted by molar-refractivity contribution is 6.29. The van der Waals surface area contributed by atoms with Gasteiger partial charge < -0.3 is 10.5 Å². The number of ether oxygens (including phenoxy) is 1. The average Bonchev–Trinajstić information content (AvgIpc) is 2.36. The maximum Gasteiger partial charge on any atom is 0.340 e. The van der Waals surface area contributed by atoms with Crippen molar-refractivity contribution in [3.63, 3.8) is 0 Å². The average molecular weight is 271 g/mol. The number of nitrogens with zero attached hydrogens (tertiary/aromatic N) is 1. The molecule has 0 aliphatic rings. The molecule has 0 unspecified atom stereocenters. The lowest BCUT2D eigenvalue weighted by Gasteiger charge is -2.06. The van der Waals surface area contributed by atoms with E-state index in [-0.39, 0.29) is 5.57 Å². The summed E-state index contributed by atoms with van der Waals surface area (Å²) in [6, 6.07) is 0. The van der Waals surface area contributed by atoms with Gasteiger partial charge >= 0.3 is 5.97 Å². The lowest BCUT2D eigenvalue weighted by molar-refractivity contribution is -0.138. The number of hydrogen-bond donors (Lipinski definition) is 1. The third-order valence-electron chi connectivity index (χ3n) is 1.96. The van der Waals surface area contributed by atoms with Crippen molar-refractivity contribution in [2.75, 3.05) is 6.61 Å². The monoisotopic (exact) mass is 270 g/mol. The van der Waals surface area contributed by atoms with E-state index in [4.69, 9.17) is 22.1 Å². The van der Waals surface area contributed by atoms with Crippen LogP contribution in [0.4, 0.5) is 0 Å². The molecule has 0 aliphatic heterocycles. The Bertz CT molecular complexity index is 396. The van der Waals surface area contributed by atoms with Crippen LogP contribution >= 0.6 is 11.6 Å². The lowest BCUT2D eigenvalue weighted by atomic mass is 10.1. The van der Waals surface area contributed by atoms with Crippen LogP contribution in [0.1, 0.15) is 27.2 Å². The van der Waals surface area contributed by atoms with Crippen LogP contribution in [-0.4, -0.2) is 18.8 Å². The number of rotatable bonds is 6. The van der Waals surface area contributed by atoms with Crippen molar-refractivity contribution < 1.29 is 9.53 Å². The predicted molar refractivity (Wildman–Crippen MR) is 75.4 cm³/mol. The number of allylic oxidation sites excluding steroid dienone is 2. The summed E-state index contributed by atoms with van der Waals surface area (Å²) in [5.74, 6) is -0.470. The minimum atomic E-state index is -0.470. The van der Waals surface area contributed by atoms with Gasteiger partial charge in [-0.1, -0.05) is 30.7 Å². The third kappa shape index (κ3) is 5.68. The Hall–Kier alpha value is -1.55. The second kappa shape index (κ2) is 9.48. The summed E-state index contributed by atoms with van der Waals surface area (Å²) in [7, 11) is 0. The SMILES string of the molecule is C\C=C(Cl)/N=C/C(=C/CC)C(=C\N)/C(=O)OCC. The van der Waals surface area contributed by atoms with Crippen LogP contribution in [-0.2, 0) is 9.53 Å². The van der Waals surface area contributed by atoms with Crippen LogP contribution in [0.15, 0.2) is 39.6 Å². The van der Waals surface area contributed by atoms with Gasteiger partial charge in [-0.2, -0.15) is 0 Å². The van der Waals surface area contributed by atoms with Gasteiger partial charge in [0.25, 0.3) is 0 Å². The molecule has 0 aromatic heterocycles. The van der Waals surface area contributed by atoms with E-state index in [1.807, 2.05) is 13.0 Å². The number of hydrogen-bond acceptors (Lipinski definition) is 4. The largest absolute Gasteiger partial charge is 0.462 e. The van der Waals surface area contributed by atoms with E-state index in [9.17, 15) is 4.79 Å². The van der Waals surface area contributed by atoms with Gasteiger partial charge in [0, 0.05) is 18.0 Å². The van der Waals surface area contributed by atoms with Crippen molar-refractivity contribution in [3.05, 3.63) is 34.7 Å². The maximum atomic E-state index is 11.7. The van der Waals surface area contributed by atoms with E-state index in [2.05, 4.69) is 4.99 Å². The molecule has 0 saturated heterocycles. The van der Waals surface area contributed by atoms with Crippen LogP contribution in [0.2, 0.25) is 0 Å².